The van der Waals surface area contributed by atoms with Crippen LogP contribution in [-0.4, -0.2) is 16.9 Å². The van der Waals surface area contributed by atoms with Crippen LogP contribution in [0.5, 0.6) is 23.0 Å². The first-order valence-electron chi connectivity index (χ1n) is 12.7. The summed E-state index contributed by atoms with van der Waals surface area (Å²) in [6, 6.07) is 28.5. The Balaban J connectivity index is 1.39. The third kappa shape index (κ3) is 5.94. The predicted octanol–water partition coefficient (Wildman–Crippen LogP) is 7.96. The normalized spacial score (nSPS) is 12.6. The summed E-state index contributed by atoms with van der Waals surface area (Å²) in [7, 11) is 0. The molecule has 5 heteroatoms. The molecule has 0 aliphatic heterocycles. The molecule has 0 bridgehead atoms. The highest BCUT2D eigenvalue weighted by molar-refractivity contribution is 5.97. The summed E-state index contributed by atoms with van der Waals surface area (Å²) in [6.07, 6.45) is 0.867. The zero-order chi connectivity index (χ0) is 27.3. The van der Waals surface area contributed by atoms with Gasteiger partial charge in [0.1, 0.15) is 23.0 Å². The number of benzene rings is 4. The number of ether oxygens (including phenoxy) is 2. The number of hydrogen-bond acceptors (Lipinski definition) is 5. The maximum Gasteiger partial charge on any atom is 0.343 e. The Labute approximate surface area is 223 Å². The Kier molecular flexibility index (Phi) is 7.96. The molecule has 1 unspecified atom stereocenters. The number of aromatic hydroxyl groups is 1. The molecule has 0 aliphatic carbocycles. The molecule has 5 nitrogen and oxygen atoms in total. The lowest BCUT2D eigenvalue weighted by atomic mass is 9.74. The van der Waals surface area contributed by atoms with Crippen molar-refractivity contribution >= 4 is 11.8 Å². The number of rotatable bonds is 9. The van der Waals surface area contributed by atoms with Crippen molar-refractivity contribution in [3.63, 3.8) is 0 Å². The molecular formula is C33H32O5. The Bertz CT molecular complexity index is 1390. The van der Waals surface area contributed by atoms with Crippen molar-refractivity contribution in [3.8, 4) is 23.0 Å². The number of phenolic OH excluding ortho intramolecular Hbond substituents is 1. The van der Waals surface area contributed by atoms with Gasteiger partial charge in [-0.25, -0.2) is 4.79 Å². The molecule has 38 heavy (non-hydrogen) atoms. The SMILES string of the molecule is CCC(C)(c1ccc(O)cc1)c1ccc(OC(=O)c2ccc(Oc3ccc(C(=O)C(C)C)cc3)cc2)cc1. The largest absolute Gasteiger partial charge is 0.508 e. The van der Waals surface area contributed by atoms with Crippen molar-refractivity contribution < 1.29 is 24.2 Å². The molecule has 4 aromatic rings. The van der Waals surface area contributed by atoms with E-state index >= 15 is 0 Å². The van der Waals surface area contributed by atoms with E-state index in [9.17, 15) is 14.7 Å². The van der Waals surface area contributed by atoms with Gasteiger partial charge in [-0.05, 0) is 90.3 Å². The van der Waals surface area contributed by atoms with Gasteiger partial charge in [-0.15, -0.1) is 0 Å². The summed E-state index contributed by atoms with van der Waals surface area (Å²) in [6.45, 7) is 8.02. The predicted molar refractivity (Wildman–Crippen MR) is 148 cm³/mol. The summed E-state index contributed by atoms with van der Waals surface area (Å²) in [5.41, 5.74) is 3.01. The van der Waals surface area contributed by atoms with E-state index in [1.165, 1.54) is 0 Å². The van der Waals surface area contributed by atoms with E-state index in [1.54, 1.807) is 72.8 Å². The molecule has 0 aliphatic rings. The first-order valence-corrected chi connectivity index (χ1v) is 12.7. The van der Waals surface area contributed by atoms with Crippen LogP contribution in [0.15, 0.2) is 97.1 Å². The van der Waals surface area contributed by atoms with Crippen LogP contribution in [0, 0.1) is 5.92 Å². The van der Waals surface area contributed by atoms with Gasteiger partial charge in [0, 0.05) is 16.9 Å². The summed E-state index contributed by atoms with van der Waals surface area (Å²) in [4.78, 5) is 24.8. The van der Waals surface area contributed by atoms with E-state index in [0.717, 1.165) is 17.5 Å². The maximum atomic E-state index is 12.7. The summed E-state index contributed by atoms with van der Waals surface area (Å²) < 4.78 is 11.4. The monoisotopic (exact) mass is 508 g/mol. The highest BCUT2D eigenvalue weighted by Crippen LogP contribution is 2.36. The average molecular weight is 509 g/mol. The Morgan fingerprint density at radius 1 is 0.711 bits per heavy atom. The lowest BCUT2D eigenvalue weighted by molar-refractivity contribution is 0.0734. The second-order valence-corrected chi connectivity index (χ2v) is 9.82. The van der Waals surface area contributed by atoms with E-state index < -0.39 is 5.97 Å². The lowest BCUT2D eigenvalue weighted by Crippen LogP contribution is -2.22. The van der Waals surface area contributed by atoms with E-state index in [4.69, 9.17) is 9.47 Å². The number of carbonyl (C=O) groups is 2. The maximum absolute atomic E-state index is 12.7. The lowest BCUT2D eigenvalue weighted by Gasteiger charge is -2.30. The highest BCUT2D eigenvalue weighted by Gasteiger charge is 2.27. The van der Waals surface area contributed by atoms with Gasteiger partial charge in [0.25, 0.3) is 0 Å². The van der Waals surface area contributed by atoms with Gasteiger partial charge < -0.3 is 14.6 Å². The fraction of sp³-hybridized carbons (Fsp3) is 0.212. The minimum absolute atomic E-state index is 0.0611. The summed E-state index contributed by atoms with van der Waals surface area (Å²) >= 11 is 0. The van der Waals surface area contributed by atoms with Gasteiger partial charge in [0.15, 0.2) is 5.78 Å². The van der Waals surface area contributed by atoms with Crippen LogP contribution in [0.25, 0.3) is 0 Å². The van der Waals surface area contributed by atoms with Crippen LogP contribution in [0.4, 0.5) is 0 Å². The average Bonchev–Trinajstić information content (AvgIpc) is 2.93. The third-order valence-corrected chi connectivity index (χ3v) is 6.90. The van der Waals surface area contributed by atoms with Crippen molar-refractivity contribution in [1.82, 2.24) is 0 Å². The van der Waals surface area contributed by atoms with Crippen LogP contribution < -0.4 is 9.47 Å². The summed E-state index contributed by atoms with van der Waals surface area (Å²) in [5, 5.41) is 9.64. The number of hydrogen-bond donors (Lipinski definition) is 1. The molecule has 0 amide bonds. The van der Waals surface area contributed by atoms with Gasteiger partial charge in [-0.3, -0.25) is 4.79 Å². The second-order valence-electron chi connectivity index (χ2n) is 9.82. The van der Waals surface area contributed by atoms with Crippen LogP contribution in [0.3, 0.4) is 0 Å². The second kappa shape index (κ2) is 11.3. The van der Waals surface area contributed by atoms with Crippen LogP contribution in [0.1, 0.15) is 66.0 Å². The molecule has 0 radical (unpaired) electrons. The third-order valence-electron chi connectivity index (χ3n) is 6.90. The number of carbonyl (C=O) groups excluding carboxylic acids is 2. The van der Waals surface area contributed by atoms with E-state index in [0.29, 0.717) is 28.4 Å². The molecule has 194 valence electrons. The zero-order valence-electron chi connectivity index (χ0n) is 22.1. The number of phenols is 1. The number of esters is 1. The van der Waals surface area contributed by atoms with E-state index in [2.05, 4.69) is 13.8 Å². The van der Waals surface area contributed by atoms with Crippen molar-refractivity contribution in [3.05, 3.63) is 119 Å². The van der Waals surface area contributed by atoms with Crippen LogP contribution in [0.2, 0.25) is 0 Å². The quantitative estimate of drug-likeness (QED) is 0.141. The zero-order valence-corrected chi connectivity index (χ0v) is 22.1. The Morgan fingerprint density at radius 3 is 1.63 bits per heavy atom. The fourth-order valence-electron chi connectivity index (χ4n) is 4.28. The molecule has 1 N–H and O–H groups in total. The number of ketones is 1. The molecular weight excluding hydrogens is 476 g/mol. The van der Waals surface area contributed by atoms with Crippen molar-refractivity contribution in [2.75, 3.05) is 0 Å². The minimum atomic E-state index is -0.461. The first-order chi connectivity index (χ1) is 18.2. The molecule has 0 saturated heterocycles. The van der Waals surface area contributed by atoms with Gasteiger partial charge in [0.2, 0.25) is 0 Å². The highest BCUT2D eigenvalue weighted by atomic mass is 16.5. The van der Waals surface area contributed by atoms with Crippen molar-refractivity contribution in [2.24, 2.45) is 5.92 Å². The van der Waals surface area contributed by atoms with Gasteiger partial charge in [-0.1, -0.05) is 52.0 Å². The molecule has 1 atom stereocenters. The van der Waals surface area contributed by atoms with Crippen LogP contribution >= 0.6 is 0 Å². The van der Waals surface area contributed by atoms with E-state index in [1.807, 2.05) is 38.1 Å². The Hall–Kier alpha value is -4.38. The fourth-order valence-corrected chi connectivity index (χ4v) is 4.28. The molecule has 0 heterocycles. The summed E-state index contributed by atoms with van der Waals surface area (Å²) in [5.74, 6) is 1.44. The molecule has 0 fully saturated rings. The minimum Gasteiger partial charge on any atom is -0.508 e. The van der Waals surface area contributed by atoms with Crippen molar-refractivity contribution in [1.29, 1.82) is 0 Å². The van der Waals surface area contributed by atoms with Gasteiger partial charge in [0.05, 0.1) is 5.56 Å². The topological polar surface area (TPSA) is 72.8 Å². The van der Waals surface area contributed by atoms with Gasteiger partial charge in [-0.2, -0.15) is 0 Å². The van der Waals surface area contributed by atoms with Crippen molar-refractivity contribution in [2.45, 2.75) is 39.5 Å². The first kappa shape index (κ1) is 26.7. The van der Waals surface area contributed by atoms with Gasteiger partial charge >= 0.3 is 5.97 Å². The number of Topliss-reactive ketones (excluding diaryl/α,β-unsaturated/α-hetero) is 1. The van der Waals surface area contributed by atoms with E-state index in [-0.39, 0.29) is 22.9 Å². The molecule has 0 saturated carbocycles. The molecule has 4 aromatic carbocycles. The molecule has 0 spiro atoms. The standard InChI is InChI=1S/C33H32O5/c1-5-33(4,25-10-14-27(34)15-11-25)26-12-20-30(21-13-26)38-32(36)24-8-18-29(19-9-24)37-28-16-6-23(7-17-28)31(35)22(2)3/h6-22,34H,5H2,1-4H3. The molecule has 0 aromatic heterocycles. The Morgan fingerprint density at radius 2 is 1.16 bits per heavy atom. The van der Waals surface area contributed by atoms with Crippen LogP contribution in [-0.2, 0) is 5.41 Å². The smallest absolute Gasteiger partial charge is 0.343 e. The molecule has 4 rings (SSSR count).